The Balaban J connectivity index is 2.23. The molecular formula is C13H12BFO3. The molecule has 1 atom stereocenters. The minimum atomic E-state index is -1.53. The largest absolute Gasteiger partial charge is 0.488 e. The molecule has 2 rings (SSSR count). The Morgan fingerprint density at radius 2 is 1.28 bits per heavy atom. The molecule has 3 N–H and O–H groups in total. The van der Waals surface area contributed by atoms with E-state index in [0.29, 0.717) is 16.6 Å². The van der Waals surface area contributed by atoms with Crippen LogP contribution in [-0.4, -0.2) is 22.3 Å². The maximum absolute atomic E-state index is 12.8. The molecule has 3 nitrogen and oxygen atoms in total. The highest BCUT2D eigenvalue weighted by molar-refractivity contribution is 6.58. The Bertz CT molecular complexity index is 511. The lowest BCUT2D eigenvalue weighted by Crippen LogP contribution is -2.29. The molecule has 0 radical (unpaired) electrons. The molecule has 2 aromatic carbocycles. The second-order valence-corrected chi connectivity index (χ2v) is 3.99. The number of benzene rings is 2. The molecule has 0 saturated carbocycles. The zero-order valence-corrected chi connectivity index (χ0v) is 9.49. The van der Waals surface area contributed by atoms with Crippen LogP contribution in [0.2, 0.25) is 0 Å². The Morgan fingerprint density at radius 1 is 0.833 bits per heavy atom. The minimum absolute atomic E-state index is 0.352. The van der Waals surface area contributed by atoms with Gasteiger partial charge in [0.05, 0.1) is 0 Å². The summed E-state index contributed by atoms with van der Waals surface area (Å²) in [5.74, 6) is -0.357. The summed E-state index contributed by atoms with van der Waals surface area (Å²) < 4.78 is 12.8. The molecule has 92 valence electrons. The molecule has 0 bridgehead atoms. The van der Waals surface area contributed by atoms with Crippen LogP contribution < -0.4 is 5.46 Å². The second-order valence-electron chi connectivity index (χ2n) is 3.99. The summed E-state index contributed by atoms with van der Waals surface area (Å²) in [5, 5.41) is 28.0. The molecule has 0 unspecified atom stereocenters. The molecule has 0 aliphatic carbocycles. The van der Waals surface area contributed by atoms with E-state index in [0.717, 1.165) is 0 Å². The maximum Gasteiger partial charge on any atom is 0.488 e. The van der Waals surface area contributed by atoms with Crippen LogP contribution in [-0.2, 0) is 0 Å². The Labute approximate surface area is 104 Å². The average Bonchev–Trinajstić information content (AvgIpc) is 2.39. The summed E-state index contributed by atoms with van der Waals surface area (Å²) in [7, 11) is -1.53. The van der Waals surface area contributed by atoms with Crippen molar-refractivity contribution in [3.63, 3.8) is 0 Å². The van der Waals surface area contributed by atoms with Gasteiger partial charge < -0.3 is 15.2 Å². The van der Waals surface area contributed by atoms with Gasteiger partial charge >= 0.3 is 7.12 Å². The molecule has 0 saturated heterocycles. The van der Waals surface area contributed by atoms with Crippen molar-refractivity contribution in [2.75, 3.05) is 0 Å². The Kier molecular flexibility index (Phi) is 3.76. The fourth-order valence-corrected chi connectivity index (χ4v) is 1.69. The summed E-state index contributed by atoms with van der Waals surface area (Å²) in [6.45, 7) is 0. The van der Waals surface area contributed by atoms with Gasteiger partial charge in [0.1, 0.15) is 11.9 Å². The lowest BCUT2D eigenvalue weighted by atomic mass is 9.80. The molecule has 0 aliphatic rings. The number of halogens is 1. The summed E-state index contributed by atoms with van der Waals surface area (Å²) in [6.07, 6.45) is -0.865. The van der Waals surface area contributed by atoms with E-state index in [9.17, 15) is 9.50 Å². The highest BCUT2D eigenvalue weighted by atomic mass is 19.1. The first-order chi connectivity index (χ1) is 8.58. The van der Waals surface area contributed by atoms with Crippen molar-refractivity contribution in [1.82, 2.24) is 0 Å². The van der Waals surface area contributed by atoms with Crippen LogP contribution in [0, 0.1) is 5.82 Å². The molecule has 0 fully saturated rings. The van der Waals surface area contributed by atoms with E-state index in [1.165, 1.54) is 36.4 Å². The van der Waals surface area contributed by atoms with Crippen LogP contribution in [0.25, 0.3) is 0 Å². The van der Waals surface area contributed by atoms with E-state index in [1.54, 1.807) is 12.1 Å². The predicted octanol–water partition coefficient (Wildman–Crippen LogP) is 0.587. The van der Waals surface area contributed by atoms with Crippen molar-refractivity contribution in [2.45, 2.75) is 6.10 Å². The van der Waals surface area contributed by atoms with E-state index in [-0.39, 0.29) is 5.82 Å². The standard InChI is InChI=1S/C13H12BFO3/c15-12-7-3-10(4-8-12)13(16)9-1-5-11(6-2-9)14(17)18/h1-8,13,16-18H/t13-/m0/s1. The number of aliphatic hydroxyl groups excluding tert-OH is 1. The highest BCUT2D eigenvalue weighted by Gasteiger charge is 2.13. The number of aliphatic hydroxyl groups is 1. The zero-order chi connectivity index (χ0) is 13.1. The third kappa shape index (κ3) is 2.76. The van der Waals surface area contributed by atoms with Crippen LogP contribution in [0.1, 0.15) is 17.2 Å². The van der Waals surface area contributed by atoms with Gasteiger partial charge in [-0.2, -0.15) is 0 Å². The van der Waals surface area contributed by atoms with Crippen molar-refractivity contribution in [1.29, 1.82) is 0 Å². The monoisotopic (exact) mass is 246 g/mol. The van der Waals surface area contributed by atoms with Gasteiger partial charge in [0.15, 0.2) is 0 Å². The topological polar surface area (TPSA) is 60.7 Å². The predicted molar refractivity (Wildman–Crippen MR) is 66.7 cm³/mol. The van der Waals surface area contributed by atoms with Gasteiger partial charge in [-0.25, -0.2) is 4.39 Å². The van der Waals surface area contributed by atoms with E-state index in [4.69, 9.17) is 10.0 Å². The van der Waals surface area contributed by atoms with Crippen LogP contribution in [0.4, 0.5) is 4.39 Å². The molecule has 0 amide bonds. The van der Waals surface area contributed by atoms with Gasteiger partial charge in [-0.3, -0.25) is 0 Å². The fourth-order valence-electron chi connectivity index (χ4n) is 1.69. The number of hydrogen-bond donors (Lipinski definition) is 3. The first kappa shape index (κ1) is 12.8. The van der Waals surface area contributed by atoms with Crippen molar-refractivity contribution < 1.29 is 19.5 Å². The second kappa shape index (κ2) is 5.31. The lowest BCUT2D eigenvalue weighted by molar-refractivity contribution is 0.220. The lowest BCUT2D eigenvalue weighted by Gasteiger charge is -2.12. The van der Waals surface area contributed by atoms with Crippen molar-refractivity contribution in [3.8, 4) is 0 Å². The Hall–Kier alpha value is -1.69. The van der Waals surface area contributed by atoms with Crippen LogP contribution >= 0.6 is 0 Å². The highest BCUT2D eigenvalue weighted by Crippen LogP contribution is 2.21. The Morgan fingerprint density at radius 3 is 1.72 bits per heavy atom. The first-order valence-corrected chi connectivity index (χ1v) is 5.47. The molecule has 5 heteroatoms. The van der Waals surface area contributed by atoms with E-state index >= 15 is 0 Å². The van der Waals surface area contributed by atoms with Crippen LogP contribution in [0.5, 0.6) is 0 Å². The van der Waals surface area contributed by atoms with Crippen molar-refractivity contribution in [2.24, 2.45) is 0 Å². The smallest absolute Gasteiger partial charge is 0.423 e. The summed E-state index contributed by atoms with van der Waals surface area (Å²) >= 11 is 0. The molecule has 0 aliphatic heterocycles. The average molecular weight is 246 g/mol. The number of rotatable bonds is 3. The zero-order valence-electron chi connectivity index (χ0n) is 9.49. The molecule has 0 aromatic heterocycles. The summed E-state index contributed by atoms with van der Waals surface area (Å²) in [6, 6.07) is 11.8. The summed E-state index contributed by atoms with van der Waals surface area (Å²) in [5.41, 5.74) is 1.53. The summed E-state index contributed by atoms with van der Waals surface area (Å²) in [4.78, 5) is 0. The normalized spacial score (nSPS) is 12.2. The van der Waals surface area contributed by atoms with Crippen molar-refractivity contribution in [3.05, 3.63) is 65.5 Å². The van der Waals surface area contributed by atoms with Gasteiger partial charge in [0, 0.05) is 0 Å². The molecule has 0 heterocycles. The fraction of sp³-hybridized carbons (Fsp3) is 0.0769. The molecule has 2 aromatic rings. The third-order valence-electron chi connectivity index (χ3n) is 2.74. The molecule has 18 heavy (non-hydrogen) atoms. The van der Waals surface area contributed by atoms with Gasteiger partial charge in [0.25, 0.3) is 0 Å². The quantitative estimate of drug-likeness (QED) is 0.694. The van der Waals surface area contributed by atoms with Gasteiger partial charge in [-0.15, -0.1) is 0 Å². The minimum Gasteiger partial charge on any atom is -0.423 e. The van der Waals surface area contributed by atoms with Crippen LogP contribution in [0.3, 0.4) is 0 Å². The van der Waals surface area contributed by atoms with E-state index < -0.39 is 13.2 Å². The SMILES string of the molecule is OB(O)c1ccc([C@H](O)c2ccc(F)cc2)cc1. The molecule has 0 spiro atoms. The van der Waals surface area contributed by atoms with Gasteiger partial charge in [0.2, 0.25) is 0 Å². The third-order valence-corrected chi connectivity index (χ3v) is 2.74. The first-order valence-electron chi connectivity index (χ1n) is 5.47. The van der Waals surface area contributed by atoms with E-state index in [1.807, 2.05) is 0 Å². The van der Waals surface area contributed by atoms with Crippen molar-refractivity contribution >= 4 is 12.6 Å². The number of hydrogen-bond acceptors (Lipinski definition) is 3. The van der Waals surface area contributed by atoms with Gasteiger partial charge in [-0.05, 0) is 28.7 Å². The maximum atomic E-state index is 12.8. The van der Waals surface area contributed by atoms with Gasteiger partial charge in [-0.1, -0.05) is 36.4 Å². The van der Waals surface area contributed by atoms with Crippen LogP contribution in [0.15, 0.2) is 48.5 Å². The molecular weight excluding hydrogens is 234 g/mol. The van der Waals surface area contributed by atoms with E-state index in [2.05, 4.69) is 0 Å².